The number of piperidine rings is 1. The van der Waals surface area contributed by atoms with Crippen molar-refractivity contribution < 1.29 is 4.79 Å². The van der Waals surface area contributed by atoms with Gasteiger partial charge in [0.15, 0.2) is 5.69 Å². The highest BCUT2D eigenvalue weighted by molar-refractivity contribution is 6.99. The van der Waals surface area contributed by atoms with Gasteiger partial charge >= 0.3 is 0 Å². The molecule has 0 unspecified atom stereocenters. The fraction of sp³-hybridized carbons (Fsp3) is 0.625. The second-order valence-electron chi connectivity index (χ2n) is 3.31. The molecule has 2 heterocycles. The molecule has 1 aliphatic rings. The second-order valence-corrected chi connectivity index (χ2v) is 3.87. The Kier molecular flexibility index (Phi) is 4.93. The summed E-state index contributed by atoms with van der Waals surface area (Å²) in [5.74, 6) is -0.118. The highest BCUT2D eigenvalue weighted by Gasteiger charge is 2.17. The summed E-state index contributed by atoms with van der Waals surface area (Å²) in [4.78, 5) is 11.5. The number of hydrogen-bond acceptors (Lipinski definition) is 5. The van der Waals surface area contributed by atoms with Crippen LogP contribution in [0.1, 0.15) is 23.3 Å². The van der Waals surface area contributed by atoms with Crippen LogP contribution in [0.2, 0.25) is 0 Å². The zero-order chi connectivity index (χ0) is 9.80. The first kappa shape index (κ1) is 12.4. The van der Waals surface area contributed by atoms with Gasteiger partial charge in [-0.3, -0.25) is 4.79 Å². The minimum absolute atomic E-state index is 0. The minimum Gasteiger partial charge on any atom is -0.347 e. The molecule has 1 amide bonds. The Morgan fingerprint density at radius 1 is 1.67 bits per heavy atom. The molecule has 1 aromatic heterocycles. The van der Waals surface area contributed by atoms with Crippen LogP contribution >= 0.6 is 24.1 Å². The largest absolute Gasteiger partial charge is 0.347 e. The highest BCUT2D eigenvalue weighted by Crippen LogP contribution is 2.03. The Labute approximate surface area is 98.4 Å². The fourth-order valence-corrected chi connectivity index (χ4v) is 1.91. The lowest BCUT2D eigenvalue weighted by molar-refractivity contribution is 0.0926. The van der Waals surface area contributed by atoms with Crippen molar-refractivity contribution in [3.05, 3.63) is 11.9 Å². The molecule has 1 saturated heterocycles. The van der Waals surface area contributed by atoms with Gasteiger partial charge in [0, 0.05) is 12.6 Å². The maximum atomic E-state index is 11.5. The average molecular weight is 249 g/mol. The molecule has 1 aromatic rings. The molecule has 0 aromatic carbocycles. The third-order valence-electron chi connectivity index (χ3n) is 2.23. The summed E-state index contributed by atoms with van der Waals surface area (Å²) in [5, 5.41) is 6.16. The Bertz CT molecular complexity index is 300. The van der Waals surface area contributed by atoms with Gasteiger partial charge in [-0.05, 0) is 19.4 Å². The molecule has 1 aliphatic heterocycles. The molecule has 2 N–H and O–H groups in total. The number of aromatic nitrogens is 2. The molecular formula is C8H13ClN4OS. The molecule has 1 atom stereocenters. The molecule has 15 heavy (non-hydrogen) atoms. The Morgan fingerprint density at radius 3 is 3.13 bits per heavy atom. The first-order chi connectivity index (χ1) is 6.86. The van der Waals surface area contributed by atoms with Crippen molar-refractivity contribution in [1.82, 2.24) is 19.4 Å². The molecule has 5 nitrogen and oxygen atoms in total. The number of halogens is 1. The van der Waals surface area contributed by atoms with Crippen LogP contribution in [0.15, 0.2) is 6.20 Å². The van der Waals surface area contributed by atoms with Crippen molar-refractivity contribution >= 4 is 30.0 Å². The Morgan fingerprint density at radius 2 is 2.53 bits per heavy atom. The first-order valence-corrected chi connectivity index (χ1v) is 5.38. The third kappa shape index (κ3) is 3.40. The number of nitrogens with one attached hydrogen (secondary N) is 2. The van der Waals surface area contributed by atoms with Crippen LogP contribution in [0, 0.1) is 0 Å². The van der Waals surface area contributed by atoms with Crippen LogP contribution < -0.4 is 10.6 Å². The summed E-state index contributed by atoms with van der Waals surface area (Å²) in [6, 6.07) is 0.234. The van der Waals surface area contributed by atoms with Crippen LogP contribution in [0.4, 0.5) is 0 Å². The van der Waals surface area contributed by atoms with Crippen LogP contribution in [0.25, 0.3) is 0 Å². The van der Waals surface area contributed by atoms with Crippen LogP contribution in [-0.2, 0) is 0 Å². The van der Waals surface area contributed by atoms with Gasteiger partial charge in [-0.2, -0.15) is 8.75 Å². The lowest BCUT2D eigenvalue weighted by atomic mass is 10.1. The highest BCUT2D eigenvalue weighted by atomic mass is 35.5. The summed E-state index contributed by atoms with van der Waals surface area (Å²) in [5.41, 5.74) is 0.417. The summed E-state index contributed by atoms with van der Waals surface area (Å²) >= 11 is 1.05. The van der Waals surface area contributed by atoms with Gasteiger partial charge in [-0.25, -0.2) is 0 Å². The van der Waals surface area contributed by atoms with E-state index in [0.29, 0.717) is 5.69 Å². The second kappa shape index (κ2) is 5.99. The van der Waals surface area contributed by atoms with Crippen LogP contribution in [0.3, 0.4) is 0 Å². The zero-order valence-electron chi connectivity index (χ0n) is 8.10. The first-order valence-electron chi connectivity index (χ1n) is 4.65. The van der Waals surface area contributed by atoms with Crippen LogP contribution in [-0.4, -0.2) is 33.8 Å². The number of nitrogens with zero attached hydrogens (tertiary/aromatic N) is 2. The Balaban J connectivity index is 0.00000112. The lowest BCUT2D eigenvalue weighted by Crippen LogP contribution is -2.45. The Hall–Kier alpha value is -0.720. The van der Waals surface area contributed by atoms with Crippen molar-refractivity contribution in [3.8, 4) is 0 Å². The normalized spacial score (nSPS) is 20.4. The van der Waals surface area contributed by atoms with E-state index in [1.54, 1.807) is 0 Å². The van der Waals surface area contributed by atoms with Crippen molar-refractivity contribution in [1.29, 1.82) is 0 Å². The number of rotatable bonds is 2. The van der Waals surface area contributed by atoms with Gasteiger partial charge in [0.05, 0.1) is 17.9 Å². The van der Waals surface area contributed by atoms with Gasteiger partial charge in [0.25, 0.3) is 5.91 Å². The molecule has 0 bridgehead atoms. The van der Waals surface area contributed by atoms with Gasteiger partial charge in [-0.15, -0.1) is 12.4 Å². The predicted molar refractivity (Wildman–Crippen MR) is 60.5 cm³/mol. The lowest BCUT2D eigenvalue weighted by Gasteiger charge is -2.23. The number of carbonyl (C=O) groups is 1. The minimum atomic E-state index is -0.118. The molecule has 0 aliphatic carbocycles. The fourth-order valence-electron chi connectivity index (χ4n) is 1.50. The standard InChI is InChI=1S/C8H12N4OS.ClH/c13-8(7-5-10-14-12-7)11-6-2-1-3-9-4-6;/h5-6,9H,1-4H2,(H,11,13);1H/t6-;/m1./s1. The van der Waals surface area contributed by atoms with Gasteiger partial charge in [0.1, 0.15) is 0 Å². The van der Waals surface area contributed by atoms with E-state index in [-0.39, 0.29) is 24.4 Å². The summed E-state index contributed by atoms with van der Waals surface area (Å²) in [6.45, 7) is 1.90. The van der Waals surface area contributed by atoms with Gasteiger partial charge in [0.2, 0.25) is 0 Å². The molecular weight excluding hydrogens is 236 g/mol. The van der Waals surface area contributed by atoms with Crippen molar-refractivity contribution in [2.45, 2.75) is 18.9 Å². The summed E-state index contributed by atoms with van der Waals surface area (Å²) < 4.78 is 7.67. The van der Waals surface area contributed by atoms with E-state index in [4.69, 9.17) is 0 Å². The van der Waals surface area contributed by atoms with E-state index >= 15 is 0 Å². The van der Waals surface area contributed by atoms with Crippen molar-refractivity contribution in [2.75, 3.05) is 13.1 Å². The predicted octanol–water partition coefficient (Wildman–Crippen LogP) is 0.442. The molecule has 0 radical (unpaired) electrons. The summed E-state index contributed by atoms with van der Waals surface area (Å²) in [7, 11) is 0. The number of hydrogen-bond donors (Lipinski definition) is 2. The quantitative estimate of drug-likeness (QED) is 0.797. The van der Waals surface area contributed by atoms with Crippen molar-refractivity contribution in [2.24, 2.45) is 0 Å². The van der Waals surface area contributed by atoms with E-state index in [9.17, 15) is 4.79 Å². The number of amides is 1. The zero-order valence-corrected chi connectivity index (χ0v) is 9.74. The smallest absolute Gasteiger partial charge is 0.272 e. The van der Waals surface area contributed by atoms with Crippen LogP contribution in [0.5, 0.6) is 0 Å². The van der Waals surface area contributed by atoms with E-state index in [1.807, 2.05) is 0 Å². The van der Waals surface area contributed by atoms with Gasteiger partial charge < -0.3 is 10.6 Å². The molecule has 0 saturated carbocycles. The van der Waals surface area contributed by atoms with E-state index in [1.165, 1.54) is 6.20 Å². The van der Waals surface area contributed by atoms with E-state index in [2.05, 4.69) is 19.4 Å². The molecule has 0 spiro atoms. The van der Waals surface area contributed by atoms with Crippen molar-refractivity contribution in [3.63, 3.8) is 0 Å². The van der Waals surface area contributed by atoms with E-state index < -0.39 is 0 Å². The molecule has 7 heteroatoms. The number of carbonyl (C=O) groups excluding carboxylic acids is 1. The van der Waals surface area contributed by atoms with Gasteiger partial charge in [-0.1, -0.05) is 0 Å². The topological polar surface area (TPSA) is 66.9 Å². The SMILES string of the molecule is Cl.O=C(N[C@@H]1CCCNC1)c1cnsn1. The summed E-state index contributed by atoms with van der Waals surface area (Å²) in [6.07, 6.45) is 3.65. The molecule has 1 fully saturated rings. The third-order valence-corrected chi connectivity index (χ3v) is 2.70. The monoisotopic (exact) mass is 248 g/mol. The average Bonchev–Trinajstić information content (AvgIpc) is 2.72. The molecule has 84 valence electrons. The maximum absolute atomic E-state index is 11.5. The van der Waals surface area contributed by atoms with E-state index in [0.717, 1.165) is 37.7 Å². The molecule has 2 rings (SSSR count). The maximum Gasteiger partial charge on any atom is 0.272 e.